The summed E-state index contributed by atoms with van der Waals surface area (Å²) in [6.45, 7) is 3.20. The van der Waals surface area contributed by atoms with E-state index in [1.54, 1.807) is 0 Å². The molecule has 0 spiro atoms. The van der Waals surface area contributed by atoms with Crippen molar-refractivity contribution in [3.05, 3.63) is 0 Å². The number of carbonyl (C=O) groups is 2. The first-order valence-corrected chi connectivity index (χ1v) is 15.0. The number of halogens is 3. The molecule has 3 aliphatic carbocycles. The first-order chi connectivity index (χ1) is 17.6. The zero-order valence-corrected chi connectivity index (χ0v) is 22.6. The van der Waals surface area contributed by atoms with Crippen LogP contribution in [0.1, 0.15) is 90.4 Å². The van der Waals surface area contributed by atoms with Gasteiger partial charge < -0.3 is 15.5 Å². The average molecular weight is 526 g/mol. The molecule has 3 saturated carbocycles. The standard InChI is InChI=1S/C29H46F3N3O2/c1-17-6-10-23(34-27(36)19-4-3-5-21(12-19)29(30,31)32)14-24(17)25-13-20-16-33-22(11-9-18-7-8-18)15-26(20)35(2)28(25)37/h17-26,33H,3-16H2,1-2H3,(H,34,36). The second kappa shape index (κ2) is 11.1. The van der Waals surface area contributed by atoms with Crippen LogP contribution in [0, 0.1) is 41.4 Å². The molecule has 9 atom stereocenters. The van der Waals surface area contributed by atoms with E-state index in [9.17, 15) is 22.8 Å². The Bertz CT molecular complexity index is 832. The van der Waals surface area contributed by atoms with E-state index < -0.39 is 18.0 Å². The predicted octanol–water partition coefficient (Wildman–Crippen LogP) is 5.29. The van der Waals surface area contributed by atoms with Gasteiger partial charge in [-0.2, -0.15) is 13.2 Å². The Morgan fingerprint density at radius 3 is 2.54 bits per heavy atom. The number of amides is 2. The smallest absolute Gasteiger partial charge is 0.353 e. The van der Waals surface area contributed by atoms with Crippen molar-refractivity contribution in [1.82, 2.24) is 15.5 Å². The van der Waals surface area contributed by atoms with Crippen LogP contribution in [-0.2, 0) is 9.59 Å². The molecule has 8 heteroatoms. The molecule has 9 unspecified atom stereocenters. The normalized spacial score (nSPS) is 41.3. The Morgan fingerprint density at radius 2 is 1.81 bits per heavy atom. The molecule has 5 aliphatic rings. The highest BCUT2D eigenvalue weighted by atomic mass is 19.4. The number of nitrogens with one attached hydrogen (secondary N) is 2. The van der Waals surface area contributed by atoms with E-state index in [-0.39, 0.29) is 42.5 Å². The van der Waals surface area contributed by atoms with Crippen molar-refractivity contribution in [2.45, 2.75) is 115 Å². The minimum atomic E-state index is -4.22. The lowest BCUT2D eigenvalue weighted by atomic mass is 9.65. The molecular weight excluding hydrogens is 479 g/mol. The van der Waals surface area contributed by atoms with E-state index in [1.807, 2.05) is 11.9 Å². The van der Waals surface area contributed by atoms with Crippen LogP contribution in [0.5, 0.6) is 0 Å². The van der Waals surface area contributed by atoms with Gasteiger partial charge in [-0.3, -0.25) is 9.59 Å². The number of hydrogen-bond acceptors (Lipinski definition) is 3. The fourth-order valence-corrected chi connectivity index (χ4v) is 8.10. The van der Waals surface area contributed by atoms with Gasteiger partial charge in [0.25, 0.3) is 0 Å². The third-order valence-electron chi connectivity index (χ3n) is 10.7. The summed E-state index contributed by atoms with van der Waals surface area (Å²) in [5.41, 5.74) is 0. The monoisotopic (exact) mass is 525 g/mol. The summed E-state index contributed by atoms with van der Waals surface area (Å²) >= 11 is 0. The van der Waals surface area contributed by atoms with Crippen LogP contribution in [0.15, 0.2) is 0 Å². The van der Waals surface area contributed by atoms with Gasteiger partial charge in [0, 0.05) is 43.6 Å². The number of alkyl halides is 3. The molecule has 2 heterocycles. The number of rotatable bonds is 6. The lowest BCUT2D eigenvalue weighted by molar-refractivity contribution is -0.186. The Labute approximate surface area is 220 Å². The molecule has 5 nitrogen and oxygen atoms in total. The van der Waals surface area contributed by atoms with E-state index in [0.717, 1.165) is 44.6 Å². The van der Waals surface area contributed by atoms with E-state index in [2.05, 4.69) is 17.6 Å². The fraction of sp³-hybridized carbons (Fsp3) is 0.931. The van der Waals surface area contributed by atoms with Crippen LogP contribution < -0.4 is 10.6 Å². The van der Waals surface area contributed by atoms with Crippen LogP contribution in [-0.4, -0.2) is 54.6 Å². The number of nitrogens with zero attached hydrogens (tertiary/aromatic N) is 1. The number of likely N-dealkylation sites (tertiary alicyclic amines) is 1. The molecule has 0 aromatic carbocycles. The van der Waals surface area contributed by atoms with Crippen molar-refractivity contribution >= 4 is 11.8 Å². The van der Waals surface area contributed by atoms with Crippen LogP contribution in [0.25, 0.3) is 0 Å². The molecule has 0 radical (unpaired) electrons. The Kier molecular flexibility index (Phi) is 8.14. The summed E-state index contributed by atoms with van der Waals surface area (Å²) in [7, 11) is 1.99. The van der Waals surface area contributed by atoms with E-state index in [1.165, 1.54) is 25.7 Å². The number of carbonyl (C=O) groups excluding carboxylic acids is 2. The predicted molar refractivity (Wildman–Crippen MR) is 136 cm³/mol. The molecule has 5 rings (SSSR count). The van der Waals surface area contributed by atoms with Crippen LogP contribution >= 0.6 is 0 Å². The van der Waals surface area contributed by atoms with Crippen molar-refractivity contribution in [3.63, 3.8) is 0 Å². The highest BCUT2D eigenvalue weighted by molar-refractivity contribution is 5.80. The average Bonchev–Trinajstić information content (AvgIpc) is 3.70. The molecule has 0 bridgehead atoms. The number of fused-ring (bicyclic) bond motifs is 1. The maximum atomic E-state index is 13.6. The van der Waals surface area contributed by atoms with Crippen LogP contribution in [0.3, 0.4) is 0 Å². The molecule has 5 fully saturated rings. The van der Waals surface area contributed by atoms with E-state index in [4.69, 9.17) is 0 Å². The SMILES string of the molecule is CC1CCC(NC(=O)C2CCCC(C(F)(F)F)C2)CC1C1CC2CNC(CCC3CC3)CC2N(C)C1=O. The largest absolute Gasteiger partial charge is 0.391 e. The molecule has 210 valence electrons. The zero-order valence-electron chi connectivity index (χ0n) is 22.6. The molecule has 2 amide bonds. The fourth-order valence-electron chi connectivity index (χ4n) is 8.10. The Morgan fingerprint density at radius 1 is 1.03 bits per heavy atom. The van der Waals surface area contributed by atoms with Gasteiger partial charge in [0.15, 0.2) is 0 Å². The summed E-state index contributed by atoms with van der Waals surface area (Å²) in [5.74, 6) is 0.0976. The first-order valence-electron chi connectivity index (χ1n) is 15.0. The second-order valence-corrected chi connectivity index (χ2v) is 13.2. The van der Waals surface area contributed by atoms with Gasteiger partial charge in [0.1, 0.15) is 0 Å². The maximum Gasteiger partial charge on any atom is 0.391 e. The van der Waals surface area contributed by atoms with E-state index >= 15 is 0 Å². The third kappa shape index (κ3) is 6.30. The highest BCUT2D eigenvalue weighted by Gasteiger charge is 2.48. The molecule has 37 heavy (non-hydrogen) atoms. The van der Waals surface area contributed by atoms with Gasteiger partial charge in [0.2, 0.25) is 11.8 Å². The first kappa shape index (κ1) is 27.3. The summed E-state index contributed by atoms with van der Waals surface area (Å²) in [6.07, 6.45) is 6.57. The Balaban J connectivity index is 1.17. The Hall–Kier alpha value is -1.31. The van der Waals surface area contributed by atoms with Gasteiger partial charge in [-0.25, -0.2) is 0 Å². The minimum Gasteiger partial charge on any atom is -0.353 e. The highest BCUT2D eigenvalue weighted by Crippen LogP contribution is 2.44. The number of hydrogen-bond donors (Lipinski definition) is 2. The lowest BCUT2D eigenvalue weighted by Gasteiger charge is -2.50. The molecule has 0 aromatic rings. The van der Waals surface area contributed by atoms with Crippen LogP contribution in [0.4, 0.5) is 13.2 Å². The topological polar surface area (TPSA) is 61.4 Å². The zero-order chi connectivity index (χ0) is 26.3. The molecule has 2 saturated heterocycles. The summed E-state index contributed by atoms with van der Waals surface area (Å²) in [5, 5.41) is 6.90. The van der Waals surface area contributed by atoms with Crippen molar-refractivity contribution in [3.8, 4) is 0 Å². The summed E-state index contributed by atoms with van der Waals surface area (Å²) in [4.78, 5) is 28.6. The second-order valence-electron chi connectivity index (χ2n) is 13.2. The van der Waals surface area contributed by atoms with Gasteiger partial charge in [-0.1, -0.05) is 26.2 Å². The third-order valence-corrected chi connectivity index (χ3v) is 10.7. The minimum absolute atomic E-state index is 0.0324. The van der Waals surface area contributed by atoms with Crippen LogP contribution in [0.2, 0.25) is 0 Å². The molecule has 2 aliphatic heterocycles. The van der Waals surface area contributed by atoms with Crippen molar-refractivity contribution in [2.24, 2.45) is 41.4 Å². The van der Waals surface area contributed by atoms with Gasteiger partial charge in [-0.05, 0) is 87.9 Å². The lowest BCUT2D eigenvalue weighted by Crippen LogP contribution is -2.60. The van der Waals surface area contributed by atoms with Gasteiger partial charge >= 0.3 is 6.18 Å². The van der Waals surface area contributed by atoms with Gasteiger partial charge in [0.05, 0.1) is 5.92 Å². The summed E-state index contributed by atoms with van der Waals surface area (Å²) < 4.78 is 39.7. The van der Waals surface area contributed by atoms with Crippen molar-refractivity contribution < 1.29 is 22.8 Å². The molecular formula is C29H46F3N3O2. The quantitative estimate of drug-likeness (QED) is 0.495. The van der Waals surface area contributed by atoms with Crippen molar-refractivity contribution in [2.75, 3.05) is 13.6 Å². The van der Waals surface area contributed by atoms with E-state index in [0.29, 0.717) is 36.8 Å². The van der Waals surface area contributed by atoms with Crippen molar-refractivity contribution in [1.29, 1.82) is 0 Å². The molecule has 2 N–H and O–H groups in total. The maximum absolute atomic E-state index is 13.6. The molecule has 0 aromatic heterocycles. The summed E-state index contributed by atoms with van der Waals surface area (Å²) in [6, 6.07) is 0.780. The van der Waals surface area contributed by atoms with Gasteiger partial charge in [-0.15, -0.1) is 0 Å². The number of piperidine rings is 2.